The van der Waals surface area contributed by atoms with Gasteiger partial charge in [0.25, 0.3) is 0 Å². The number of aromatic nitrogens is 1. The molecule has 0 aliphatic rings. The van der Waals surface area contributed by atoms with Gasteiger partial charge in [-0.15, -0.1) is 0 Å². The van der Waals surface area contributed by atoms with E-state index in [9.17, 15) is 0 Å². The van der Waals surface area contributed by atoms with Crippen molar-refractivity contribution in [1.82, 2.24) is 4.98 Å². The highest BCUT2D eigenvalue weighted by Gasteiger charge is 2.16. The van der Waals surface area contributed by atoms with E-state index in [-0.39, 0.29) is 6.61 Å². The monoisotopic (exact) mass is 252 g/mol. The lowest BCUT2D eigenvalue weighted by Crippen LogP contribution is -2.37. The maximum atomic E-state index is 9.17. The molecule has 0 aromatic carbocycles. The van der Waals surface area contributed by atoms with Crippen molar-refractivity contribution in [3.05, 3.63) is 23.9 Å². The van der Waals surface area contributed by atoms with Crippen molar-refractivity contribution in [1.29, 1.82) is 0 Å². The van der Waals surface area contributed by atoms with Crippen LogP contribution < -0.4 is 4.90 Å². The molecule has 1 heterocycles. The van der Waals surface area contributed by atoms with Crippen molar-refractivity contribution in [3.8, 4) is 0 Å². The Morgan fingerprint density at radius 1 is 1.33 bits per heavy atom. The first-order valence-corrected chi connectivity index (χ1v) is 6.59. The molecule has 1 aromatic rings. The predicted octanol–water partition coefficient (Wildman–Crippen LogP) is 2.22. The summed E-state index contributed by atoms with van der Waals surface area (Å²) < 4.78 is 5.17. The van der Waals surface area contributed by atoms with Crippen LogP contribution in [-0.4, -0.2) is 36.4 Å². The Morgan fingerprint density at radius 3 is 2.61 bits per heavy atom. The number of rotatable bonds is 8. The summed E-state index contributed by atoms with van der Waals surface area (Å²) in [5.41, 5.74) is 0.709. The van der Waals surface area contributed by atoms with Gasteiger partial charge in [0.2, 0.25) is 0 Å². The zero-order chi connectivity index (χ0) is 13.4. The molecular weight excluding hydrogens is 228 g/mol. The van der Waals surface area contributed by atoms with E-state index < -0.39 is 0 Å². The molecule has 18 heavy (non-hydrogen) atoms. The molecule has 1 aromatic heterocycles. The molecule has 0 amide bonds. The third-order valence-corrected chi connectivity index (χ3v) is 3.17. The summed E-state index contributed by atoms with van der Waals surface area (Å²) >= 11 is 0. The Kier molecular flexibility index (Phi) is 6.68. The molecule has 0 saturated heterocycles. The van der Waals surface area contributed by atoms with Gasteiger partial charge in [-0.1, -0.05) is 19.9 Å². The van der Waals surface area contributed by atoms with E-state index in [1.54, 1.807) is 7.11 Å². The SMILES string of the molecule is CCC(CC)N(CCOC)c1cccc(CO)n1. The summed E-state index contributed by atoms with van der Waals surface area (Å²) in [6.45, 7) is 5.86. The van der Waals surface area contributed by atoms with Crippen molar-refractivity contribution >= 4 is 5.82 Å². The third-order valence-electron chi connectivity index (χ3n) is 3.17. The van der Waals surface area contributed by atoms with Gasteiger partial charge in [-0.3, -0.25) is 0 Å². The number of pyridine rings is 1. The lowest BCUT2D eigenvalue weighted by molar-refractivity contribution is 0.202. The molecule has 0 spiro atoms. The Bertz CT molecular complexity index is 340. The second-order valence-electron chi connectivity index (χ2n) is 4.30. The van der Waals surface area contributed by atoms with E-state index in [1.807, 2.05) is 18.2 Å². The minimum absolute atomic E-state index is 0.0190. The van der Waals surface area contributed by atoms with Crippen LogP contribution in [0.15, 0.2) is 18.2 Å². The van der Waals surface area contributed by atoms with Crippen LogP contribution >= 0.6 is 0 Å². The number of anilines is 1. The van der Waals surface area contributed by atoms with Crippen molar-refractivity contribution in [2.45, 2.75) is 39.3 Å². The molecule has 102 valence electrons. The Hall–Kier alpha value is -1.13. The van der Waals surface area contributed by atoms with Gasteiger partial charge in [-0.2, -0.15) is 0 Å². The summed E-state index contributed by atoms with van der Waals surface area (Å²) in [6, 6.07) is 6.23. The van der Waals surface area contributed by atoms with Gasteiger partial charge < -0.3 is 14.7 Å². The molecule has 0 unspecified atom stereocenters. The zero-order valence-electron chi connectivity index (χ0n) is 11.6. The van der Waals surface area contributed by atoms with Crippen LogP contribution in [0.5, 0.6) is 0 Å². The zero-order valence-corrected chi connectivity index (χ0v) is 11.6. The number of nitrogens with zero attached hydrogens (tertiary/aromatic N) is 2. The molecule has 0 aliphatic carbocycles. The average molecular weight is 252 g/mol. The first-order valence-electron chi connectivity index (χ1n) is 6.59. The lowest BCUT2D eigenvalue weighted by Gasteiger charge is -2.31. The molecule has 4 heteroatoms. The highest BCUT2D eigenvalue weighted by molar-refractivity contribution is 5.40. The van der Waals surface area contributed by atoms with Crippen molar-refractivity contribution in [3.63, 3.8) is 0 Å². The highest BCUT2D eigenvalue weighted by Crippen LogP contribution is 2.18. The molecule has 0 aliphatic heterocycles. The molecule has 0 bridgehead atoms. The Labute approximate surface area is 110 Å². The van der Waals surface area contributed by atoms with E-state index in [0.717, 1.165) is 25.2 Å². The van der Waals surface area contributed by atoms with Crippen LogP contribution in [0.25, 0.3) is 0 Å². The number of methoxy groups -OCH3 is 1. The lowest BCUT2D eigenvalue weighted by atomic mass is 10.1. The van der Waals surface area contributed by atoms with E-state index in [1.165, 1.54) is 0 Å². The first-order chi connectivity index (χ1) is 8.76. The fraction of sp³-hybridized carbons (Fsp3) is 0.643. The maximum Gasteiger partial charge on any atom is 0.129 e. The van der Waals surface area contributed by atoms with Crippen LogP contribution in [-0.2, 0) is 11.3 Å². The van der Waals surface area contributed by atoms with Crippen LogP contribution in [0.4, 0.5) is 5.82 Å². The Balaban J connectivity index is 2.92. The summed E-state index contributed by atoms with van der Waals surface area (Å²) in [6.07, 6.45) is 2.15. The van der Waals surface area contributed by atoms with Crippen LogP contribution in [0.2, 0.25) is 0 Å². The van der Waals surface area contributed by atoms with Crippen LogP contribution in [0.1, 0.15) is 32.4 Å². The van der Waals surface area contributed by atoms with E-state index in [2.05, 4.69) is 23.7 Å². The normalized spacial score (nSPS) is 10.9. The largest absolute Gasteiger partial charge is 0.390 e. The Morgan fingerprint density at radius 2 is 2.06 bits per heavy atom. The predicted molar refractivity (Wildman–Crippen MR) is 73.8 cm³/mol. The van der Waals surface area contributed by atoms with Gasteiger partial charge in [-0.05, 0) is 25.0 Å². The molecular formula is C14H24N2O2. The van der Waals surface area contributed by atoms with Crippen molar-refractivity contribution in [2.24, 2.45) is 0 Å². The minimum atomic E-state index is -0.0190. The standard InChI is InChI=1S/C14H24N2O2/c1-4-13(5-2)16(9-10-18-3)14-8-6-7-12(11-17)15-14/h6-8,13,17H,4-5,9-11H2,1-3H3. The third kappa shape index (κ3) is 3.96. The number of hydrogen-bond donors (Lipinski definition) is 1. The number of aliphatic hydroxyl groups is 1. The fourth-order valence-corrected chi connectivity index (χ4v) is 2.12. The van der Waals surface area contributed by atoms with Gasteiger partial charge >= 0.3 is 0 Å². The molecule has 0 atom stereocenters. The summed E-state index contributed by atoms with van der Waals surface area (Å²) in [4.78, 5) is 6.75. The number of ether oxygens (including phenoxy) is 1. The number of aliphatic hydroxyl groups excluding tert-OH is 1. The van der Waals surface area contributed by atoms with Gasteiger partial charge in [0.05, 0.1) is 18.9 Å². The molecule has 0 fully saturated rings. The summed E-state index contributed by atoms with van der Waals surface area (Å²) in [7, 11) is 1.71. The van der Waals surface area contributed by atoms with Gasteiger partial charge in [-0.25, -0.2) is 4.98 Å². The second kappa shape index (κ2) is 8.06. The van der Waals surface area contributed by atoms with E-state index in [4.69, 9.17) is 9.84 Å². The van der Waals surface area contributed by atoms with Gasteiger partial charge in [0, 0.05) is 19.7 Å². The summed E-state index contributed by atoms with van der Waals surface area (Å²) in [5.74, 6) is 0.923. The number of hydrogen-bond acceptors (Lipinski definition) is 4. The molecule has 1 N–H and O–H groups in total. The molecule has 1 rings (SSSR count). The van der Waals surface area contributed by atoms with Gasteiger partial charge in [0.15, 0.2) is 0 Å². The quantitative estimate of drug-likeness (QED) is 0.770. The molecule has 0 saturated carbocycles. The van der Waals surface area contributed by atoms with Crippen molar-refractivity contribution in [2.75, 3.05) is 25.2 Å². The average Bonchev–Trinajstić information content (AvgIpc) is 2.43. The van der Waals surface area contributed by atoms with Crippen molar-refractivity contribution < 1.29 is 9.84 Å². The fourth-order valence-electron chi connectivity index (χ4n) is 2.12. The van der Waals surface area contributed by atoms with Crippen LogP contribution in [0, 0.1) is 0 Å². The smallest absolute Gasteiger partial charge is 0.129 e. The molecule has 0 radical (unpaired) electrons. The second-order valence-corrected chi connectivity index (χ2v) is 4.30. The van der Waals surface area contributed by atoms with Crippen LogP contribution in [0.3, 0.4) is 0 Å². The minimum Gasteiger partial charge on any atom is -0.390 e. The topological polar surface area (TPSA) is 45.6 Å². The maximum absolute atomic E-state index is 9.17. The van der Waals surface area contributed by atoms with E-state index >= 15 is 0 Å². The molecule has 4 nitrogen and oxygen atoms in total. The van der Waals surface area contributed by atoms with Gasteiger partial charge in [0.1, 0.15) is 5.82 Å². The summed E-state index contributed by atoms with van der Waals surface area (Å²) in [5, 5.41) is 9.17. The highest BCUT2D eigenvalue weighted by atomic mass is 16.5. The van der Waals surface area contributed by atoms with E-state index in [0.29, 0.717) is 18.3 Å². The first kappa shape index (κ1) is 14.9.